The van der Waals surface area contributed by atoms with Gasteiger partial charge in [0, 0.05) is 49.0 Å². The van der Waals surface area contributed by atoms with Crippen LogP contribution in [0.1, 0.15) is 0 Å². The van der Waals surface area contributed by atoms with Crippen molar-refractivity contribution < 1.29 is 9.15 Å². The summed E-state index contributed by atoms with van der Waals surface area (Å²) in [6.45, 7) is 0. The van der Waals surface area contributed by atoms with Crippen LogP contribution < -0.4 is 10.7 Å². The molecule has 25 heavy (non-hydrogen) atoms. The Morgan fingerprint density at radius 2 is 1.48 bits per heavy atom. The van der Waals surface area contributed by atoms with Crippen LogP contribution in [0.5, 0.6) is 0 Å². The van der Waals surface area contributed by atoms with E-state index in [9.17, 15) is 0 Å². The molecule has 1 aromatic rings. The summed E-state index contributed by atoms with van der Waals surface area (Å²) in [5, 5.41) is 2.51. The first-order valence-electron chi connectivity index (χ1n) is 8.65. The lowest BCUT2D eigenvalue weighted by Gasteiger charge is -2.44. The standard InChI is InChI=1S/C20H13N5/c1-2-14-10-16-4-6-18-12-22-8-7-21-11-17-5-3-15-9-13(1)23(14)20(19(21)22,24(15)17)25(16)18/h1-12,19H/q+2. The molecule has 0 bridgehead atoms. The van der Waals surface area contributed by atoms with Gasteiger partial charge in [-0.05, 0) is 12.1 Å². The van der Waals surface area contributed by atoms with E-state index in [4.69, 9.17) is 0 Å². The molecular weight excluding hydrogens is 310 g/mol. The lowest BCUT2D eigenvalue weighted by molar-refractivity contribution is -0.840. The Hall–Kier alpha value is -3.34. The van der Waals surface area contributed by atoms with Gasteiger partial charge in [-0.3, -0.25) is 0 Å². The molecule has 0 aromatic carbocycles. The van der Waals surface area contributed by atoms with Crippen molar-refractivity contribution in [2.75, 3.05) is 0 Å². The summed E-state index contributed by atoms with van der Waals surface area (Å²) in [4.78, 5) is 4.71. The van der Waals surface area contributed by atoms with E-state index >= 15 is 0 Å². The zero-order chi connectivity index (χ0) is 15.9. The highest BCUT2D eigenvalue weighted by molar-refractivity contribution is 6.16. The van der Waals surface area contributed by atoms with E-state index in [0.717, 1.165) is 0 Å². The van der Waals surface area contributed by atoms with Crippen molar-refractivity contribution in [3.63, 3.8) is 0 Å². The number of aromatic nitrogens is 1. The molecule has 0 N–H and O–H groups in total. The zero-order valence-corrected chi connectivity index (χ0v) is 13.2. The van der Waals surface area contributed by atoms with Crippen LogP contribution in [0.3, 0.4) is 0 Å². The van der Waals surface area contributed by atoms with Gasteiger partial charge in [-0.1, -0.05) is 0 Å². The summed E-state index contributed by atoms with van der Waals surface area (Å²) in [5.74, 6) is -0.340. The van der Waals surface area contributed by atoms with E-state index in [1.165, 1.54) is 33.5 Å². The summed E-state index contributed by atoms with van der Waals surface area (Å²) in [5.41, 5.74) is 5.05. The van der Waals surface area contributed by atoms with Gasteiger partial charge in [0.15, 0.2) is 0 Å². The van der Waals surface area contributed by atoms with Gasteiger partial charge in [0.2, 0.25) is 22.8 Å². The largest absolute Gasteiger partial charge is 0.495 e. The Balaban J connectivity index is 1.70. The first-order chi connectivity index (χ1) is 12.4. The molecule has 2 atom stereocenters. The SMILES string of the molecule is C1=CC2=[N+]3C1=CN1C=CN4C=c5ccc6n5C3(C14)[N+]1=C(C=CC1=C2)C=6. The maximum Gasteiger partial charge on any atom is 0.495 e. The minimum absolute atomic E-state index is 0.164. The molecule has 0 fully saturated rings. The normalized spacial score (nSPS) is 32.7. The summed E-state index contributed by atoms with van der Waals surface area (Å²) in [7, 11) is 0. The summed E-state index contributed by atoms with van der Waals surface area (Å²) in [6, 6.07) is 4.48. The van der Waals surface area contributed by atoms with Gasteiger partial charge >= 0.3 is 5.79 Å². The average Bonchev–Trinajstić information content (AvgIpc) is 3.38. The summed E-state index contributed by atoms with van der Waals surface area (Å²) >= 11 is 0. The Labute approximate surface area is 143 Å². The highest BCUT2D eigenvalue weighted by atomic mass is 15.6. The Bertz CT molecular complexity index is 1310. The van der Waals surface area contributed by atoms with Gasteiger partial charge < -0.3 is 9.80 Å². The molecule has 8 rings (SSSR count). The van der Waals surface area contributed by atoms with Gasteiger partial charge in [-0.15, -0.1) is 9.15 Å². The smallest absolute Gasteiger partial charge is 0.316 e. The van der Waals surface area contributed by atoms with Crippen LogP contribution in [0.4, 0.5) is 0 Å². The molecule has 0 radical (unpaired) electrons. The minimum atomic E-state index is -0.340. The highest BCUT2D eigenvalue weighted by Gasteiger charge is 2.75. The second-order valence-electron chi connectivity index (χ2n) is 7.36. The molecule has 0 saturated heterocycles. The molecular formula is C20H13N5+2. The van der Waals surface area contributed by atoms with Crippen molar-refractivity contribution in [2.24, 2.45) is 0 Å². The highest BCUT2D eigenvalue weighted by Crippen LogP contribution is 2.46. The Kier molecular flexibility index (Phi) is 1.40. The van der Waals surface area contributed by atoms with E-state index in [1.807, 2.05) is 0 Å². The third kappa shape index (κ3) is 0.915. The van der Waals surface area contributed by atoms with Gasteiger partial charge in [0.25, 0.3) is 6.17 Å². The molecule has 8 heterocycles. The first kappa shape index (κ1) is 11.3. The fourth-order valence-corrected chi connectivity index (χ4v) is 5.55. The van der Waals surface area contributed by atoms with Gasteiger partial charge in [-0.2, -0.15) is 0 Å². The third-order valence-electron chi connectivity index (χ3n) is 6.29. The molecule has 0 aliphatic carbocycles. The lowest BCUT2D eigenvalue weighted by Crippen LogP contribution is -2.75. The van der Waals surface area contributed by atoms with Crippen molar-refractivity contribution in [2.45, 2.75) is 12.0 Å². The average molecular weight is 323 g/mol. The number of hydrogen-bond donors (Lipinski definition) is 0. The van der Waals surface area contributed by atoms with Crippen LogP contribution >= 0.6 is 0 Å². The van der Waals surface area contributed by atoms with Crippen LogP contribution in [0.25, 0.3) is 12.3 Å². The van der Waals surface area contributed by atoms with Crippen LogP contribution in [0, 0.1) is 0 Å². The molecule has 0 saturated carbocycles. The number of hydrogen-bond acceptors (Lipinski definition) is 2. The van der Waals surface area contributed by atoms with E-state index in [-0.39, 0.29) is 12.0 Å². The van der Waals surface area contributed by atoms with Crippen LogP contribution in [0.15, 0.2) is 72.5 Å². The first-order valence-corrected chi connectivity index (χ1v) is 8.65. The number of allylic oxidation sites excluding steroid dienone is 5. The monoisotopic (exact) mass is 323 g/mol. The van der Waals surface area contributed by atoms with E-state index < -0.39 is 0 Å². The minimum Gasteiger partial charge on any atom is -0.316 e. The molecule has 5 nitrogen and oxygen atoms in total. The van der Waals surface area contributed by atoms with Crippen molar-refractivity contribution in [1.29, 1.82) is 0 Å². The topological polar surface area (TPSA) is 17.4 Å². The fraction of sp³-hybridized carbons (Fsp3) is 0.100. The fourth-order valence-electron chi connectivity index (χ4n) is 5.55. The maximum absolute atomic E-state index is 2.51. The molecule has 2 unspecified atom stereocenters. The lowest BCUT2D eigenvalue weighted by atomic mass is 10.0. The number of rotatable bonds is 0. The predicted octanol–water partition coefficient (Wildman–Crippen LogP) is -0.142. The van der Waals surface area contributed by atoms with Crippen molar-refractivity contribution in [3.05, 3.63) is 83.2 Å². The third-order valence-corrected chi connectivity index (χ3v) is 6.29. The van der Waals surface area contributed by atoms with Crippen molar-refractivity contribution in [1.82, 2.24) is 14.4 Å². The predicted molar refractivity (Wildman–Crippen MR) is 92.2 cm³/mol. The van der Waals surface area contributed by atoms with Crippen LogP contribution in [-0.2, 0) is 5.79 Å². The van der Waals surface area contributed by atoms with E-state index in [1.54, 1.807) is 0 Å². The van der Waals surface area contributed by atoms with Crippen molar-refractivity contribution in [3.8, 4) is 0 Å². The molecule has 7 aliphatic rings. The van der Waals surface area contributed by atoms with Crippen molar-refractivity contribution >= 4 is 23.7 Å². The van der Waals surface area contributed by atoms with Crippen LogP contribution in [-0.4, -0.2) is 41.1 Å². The van der Waals surface area contributed by atoms with Gasteiger partial charge in [-0.25, -0.2) is 4.57 Å². The second-order valence-corrected chi connectivity index (χ2v) is 7.36. The zero-order valence-electron chi connectivity index (χ0n) is 13.2. The maximum atomic E-state index is 2.51. The molecule has 1 aromatic heterocycles. The Morgan fingerprint density at radius 1 is 0.760 bits per heavy atom. The van der Waals surface area contributed by atoms with Crippen LogP contribution in [0.2, 0.25) is 0 Å². The quantitative estimate of drug-likeness (QED) is 0.619. The summed E-state index contributed by atoms with van der Waals surface area (Å²) in [6.07, 6.45) is 22.6. The second kappa shape index (κ2) is 3.11. The van der Waals surface area contributed by atoms with Gasteiger partial charge in [0.05, 0.1) is 23.0 Å². The molecule has 0 amide bonds. The molecule has 1 spiro atoms. The Morgan fingerprint density at radius 3 is 2.40 bits per heavy atom. The number of nitrogens with zero attached hydrogens (tertiary/aromatic N) is 5. The molecule has 7 aliphatic heterocycles. The molecule has 5 heteroatoms. The van der Waals surface area contributed by atoms with E-state index in [2.05, 4.69) is 96.9 Å². The summed E-state index contributed by atoms with van der Waals surface area (Å²) < 4.78 is 7.53. The van der Waals surface area contributed by atoms with E-state index in [0.29, 0.717) is 0 Å². The van der Waals surface area contributed by atoms with Gasteiger partial charge in [0.1, 0.15) is 0 Å². The molecule has 116 valence electrons.